The molecule has 1 aliphatic heterocycles. The molecule has 1 aromatic rings. The van der Waals surface area contributed by atoms with Gasteiger partial charge in [-0.2, -0.15) is 0 Å². The zero-order valence-corrected chi connectivity index (χ0v) is 11.9. The summed E-state index contributed by atoms with van der Waals surface area (Å²) < 4.78 is 5.53. The molecule has 2 rings (SSSR count). The van der Waals surface area contributed by atoms with E-state index in [2.05, 4.69) is 29.6 Å². The number of unbranched alkanes of at least 4 members (excludes halogenated alkanes) is 1. The maximum atomic E-state index is 5.80. The van der Waals surface area contributed by atoms with Crippen LogP contribution in [0.4, 0.5) is 0 Å². The van der Waals surface area contributed by atoms with Crippen LogP contribution >= 0.6 is 0 Å². The van der Waals surface area contributed by atoms with Crippen LogP contribution in [0, 0.1) is 0 Å². The first-order valence-corrected chi connectivity index (χ1v) is 7.42. The second kappa shape index (κ2) is 7.63. The van der Waals surface area contributed by atoms with E-state index in [1.54, 1.807) is 0 Å². The average Bonchev–Trinajstić information content (AvgIpc) is 2.89. The molecule has 0 aliphatic carbocycles. The zero-order chi connectivity index (χ0) is 13.5. The van der Waals surface area contributed by atoms with Crippen LogP contribution in [0.25, 0.3) is 0 Å². The Kier molecular flexibility index (Phi) is 5.83. The Bertz CT molecular complexity index is 356. The third-order valence-electron chi connectivity index (χ3n) is 3.56. The van der Waals surface area contributed by atoms with Crippen molar-refractivity contribution < 1.29 is 4.74 Å². The van der Waals surface area contributed by atoms with E-state index < -0.39 is 0 Å². The SMILES string of the molecule is CC(N)Cc1ccc(CCCCC2NCCO2)cc1. The molecule has 1 aliphatic rings. The molecule has 2 unspecified atom stereocenters. The fraction of sp³-hybridized carbons (Fsp3) is 0.625. The van der Waals surface area contributed by atoms with Crippen molar-refractivity contribution in [2.45, 2.75) is 51.3 Å². The molecule has 1 fully saturated rings. The van der Waals surface area contributed by atoms with Gasteiger partial charge < -0.3 is 10.5 Å². The van der Waals surface area contributed by atoms with E-state index >= 15 is 0 Å². The molecule has 3 nitrogen and oxygen atoms in total. The van der Waals surface area contributed by atoms with E-state index in [0.717, 1.165) is 32.4 Å². The molecule has 0 bridgehead atoms. The largest absolute Gasteiger partial charge is 0.362 e. The molecule has 0 spiro atoms. The second-order valence-electron chi connectivity index (χ2n) is 5.56. The van der Waals surface area contributed by atoms with Crippen LogP contribution in [0.5, 0.6) is 0 Å². The minimum atomic E-state index is 0.241. The van der Waals surface area contributed by atoms with Gasteiger partial charge in [0.1, 0.15) is 6.23 Å². The van der Waals surface area contributed by atoms with Crippen LogP contribution in [0.3, 0.4) is 0 Å². The number of rotatable bonds is 7. The number of benzene rings is 1. The zero-order valence-electron chi connectivity index (χ0n) is 11.9. The van der Waals surface area contributed by atoms with Gasteiger partial charge in [0.25, 0.3) is 0 Å². The van der Waals surface area contributed by atoms with Crippen molar-refractivity contribution in [2.24, 2.45) is 5.73 Å². The molecule has 0 amide bonds. The second-order valence-corrected chi connectivity index (χ2v) is 5.56. The van der Waals surface area contributed by atoms with E-state index in [-0.39, 0.29) is 6.04 Å². The van der Waals surface area contributed by atoms with Gasteiger partial charge in [-0.05, 0) is 50.2 Å². The summed E-state index contributed by atoms with van der Waals surface area (Å²) in [6.07, 6.45) is 6.00. The topological polar surface area (TPSA) is 47.3 Å². The summed E-state index contributed by atoms with van der Waals surface area (Å²) in [7, 11) is 0. The smallest absolute Gasteiger partial charge is 0.108 e. The molecule has 0 radical (unpaired) electrons. The molecule has 0 aromatic heterocycles. The van der Waals surface area contributed by atoms with Gasteiger partial charge in [-0.3, -0.25) is 5.32 Å². The highest BCUT2D eigenvalue weighted by atomic mass is 16.5. The Labute approximate surface area is 116 Å². The molecule has 0 saturated carbocycles. The van der Waals surface area contributed by atoms with Gasteiger partial charge in [-0.25, -0.2) is 0 Å². The first-order chi connectivity index (χ1) is 9.24. The lowest BCUT2D eigenvalue weighted by atomic mass is 10.0. The van der Waals surface area contributed by atoms with Crippen molar-refractivity contribution in [3.8, 4) is 0 Å². The van der Waals surface area contributed by atoms with Gasteiger partial charge in [-0.15, -0.1) is 0 Å². The van der Waals surface area contributed by atoms with Gasteiger partial charge in [0.2, 0.25) is 0 Å². The number of aryl methyl sites for hydroxylation is 1. The van der Waals surface area contributed by atoms with E-state index in [4.69, 9.17) is 10.5 Å². The molecule has 3 heteroatoms. The lowest BCUT2D eigenvalue weighted by Crippen LogP contribution is -2.22. The highest BCUT2D eigenvalue weighted by Crippen LogP contribution is 2.12. The Morgan fingerprint density at radius 1 is 1.26 bits per heavy atom. The normalized spacial score (nSPS) is 20.6. The Morgan fingerprint density at radius 2 is 2.00 bits per heavy atom. The number of nitrogens with one attached hydrogen (secondary N) is 1. The standard InChI is InChI=1S/C16H26N2O/c1-13(17)12-15-8-6-14(7-9-15)4-2-3-5-16-18-10-11-19-16/h6-9,13,16,18H,2-5,10-12,17H2,1H3. The monoisotopic (exact) mass is 262 g/mol. The Hall–Kier alpha value is -0.900. The van der Waals surface area contributed by atoms with Crippen molar-refractivity contribution >= 4 is 0 Å². The lowest BCUT2D eigenvalue weighted by molar-refractivity contribution is 0.0921. The van der Waals surface area contributed by atoms with Gasteiger partial charge in [0.05, 0.1) is 6.61 Å². The lowest BCUT2D eigenvalue weighted by Gasteiger charge is -2.09. The molecular formula is C16H26N2O. The van der Waals surface area contributed by atoms with Crippen LogP contribution in [0.1, 0.15) is 37.3 Å². The summed E-state index contributed by atoms with van der Waals surface area (Å²) in [5, 5.41) is 3.35. The summed E-state index contributed by atoms with van der Waals surface area (Å²) in [5.41, 5.74) is 8.56. The first-order valence-electron chi connectivity index (χ1n) is 7.42. The van der Waals surface area contributed by atoms with Crippen molar-refractivity contribution in [1.82, 2.24) is 5.32 Å². The predicted octanol–water partition coefficient (Wildman–Crippen LogP) is 2.23. The summed E-state index contributed by atoms with van der Waals surface area (Å²) in [6, 6.07) is 9.13. The maximum Gasteiger partial charge on any atom is 0.108 e. The number of ether oxygens (including phenoxy) is 1. The van der Waals surface area contributed by atoms with Crippen LogP contribution in [0.2, 0.25) is 0 Å². The highest BCUT2D eigenvalue weighted by Gasteiger charge is 2.12. The number of hydrogen-bond donors (Lipinski definition) is 2. The van der Waals surface area contributed by atoms with Gasteiger partial charge in [0, 0.05) is 12.6 Å². The highest BCUT2D eigenvalue weighted by molar-refractivity contribution is 5.23. The third kappa shape index (κ3) is 5.31. The van der Waals surface area contributed by atoms with Gasteiger partial charge in [-0.1, -0.05) is 24.3 Å². The summed E-state index contributed by atoms with van der Waals surface area (Å²) in [6.45, 7) is 3.92. The molecule has 2 atom stereocenters. The van der Waals surface area contributed by atoms with E-state index in [0.29, 0.717) is 6.23 Å². The maximum absolute atomic E-state index is 5.80. The third-order valence-corrected chi connectivity index (χ3v) is 3.56. The van der Waals surface area contributed by atoms with E-state index in [1.165, 1.54) is 24.0 Å². The van der Waals surface area contributed by atoms with Gasteiger partial charge >= 0.3 is 0 Å². The number of hydrogen-bond acceptors (Lipinski definition) is 3. The molecular weight excluding hydrogens is 236 g/mol. The van der Waals surface area contributed by atoms with Crippen LogP contribution in [-0.4, -0.2) is 25.4 Å². The predicted molar refractivity (Wildman–Crippen MR) is 79.1 cm³/mol. The minimum absolute atomic E-state index is 0.241. The quantitative estimate of drug-likeness (QED) is 0.741. The number of nitrogens with two attached hydrogens (primary N) is 1. The average molecular weight is 262 g/mol. The van der Waals surface area contributed by atoms with Crippen molar-refractivity contribution in [1.29, 1.82) is 0 Å². The van der Waals surface area contributed by atoms with E-state index in [9.17, 15) is 0 Å². The molecule has 19 heavy (non-hydrogen) atoms. The first kappa shape index (κ1) is 14.5. The van der Waals surface area contributed by atoms with Crippen LogP contribution in [0.15, 0.2) is 24.3 Å². The van der Waals surface area contributed by atoms with Crippen molar-refractivity contribution in [3.05, 3.63) is 35.4 Å². The van der Waals surface area contributed by atoms with Crippen LogP contribution in [-0.2, 0) is 17.6 Å². The summed E-state index contributed by atoms with van der Waals surface area (Å²) in [5.74, 6) is 0. The molecule has 3 N–H and O–H groups in total. The molecule has 1 aromatic carbocycles. The molecule has 1 saturated heterocycles. The molecule has 1 heterocycles. The summed E-state index contributed by atoms with van der Waals surface area (Å²) >= 11 is 0. The Balaban J connectivity index is 1.65. The van der Waals surface area contributed by atoms with Crippen molar-refractivity contribution in [2.75, 3.05) is 13.2 Å². The fourth-order valence-corrected chi connectivity index (χ4v) is 2.54. The Morgan fingerprint density at radius 3 is 2.63 bits per heavy atom. The van der Waals surface area contributed by atoms with Gasteiger partial charge in [0.15, 0.2) is 0 Å². The minimum Gasteiger partial charge on any atom is -0.362 e. The molecule has 106 valence electrons. The van der Waals surface area contributed by atoms with Crippen LogP contribution < -0.4 is 11.1 Å². The van der Waals surface area contributed by atoms with E-state index in [1.807, 2.05) is 6.92 Å². The fourth-order valence-electron chi connectivity index (χ4n) is 2.54. The van der Waals surface area contributed by atoms with Crippen molar-refractivity contribution in [3.63, 3.8) is 0 Å². The summed E-state index contributed by atoms with van der Waals surface area (Å²) in [4.78, 5) is 0.